The lowest BCUT2D eigenvalue weighted by molar-refractivity contribution is 0.0741. The van der Waals surface area contributed by atoms with E-state index in [4.69, 9.17) is 5.11 Å². The molecule has 1 aromatic carbocycles. The Morgan fingerprint density at radius 3 is 3.04 bits per heavy atom. The van der Waals surface area contributed by atoms with Gasteiger partial charge in [0.15, 0.2) is 5.69 Å². The average molecular weight is 377 g/mol. The van der Waals surface area contributed by atoms with Crippen LogP contribution in [0.3, 0.4) is 0 Å². The molecule has 9 heteroatoms. The molecule has 0 spiro atoms. The van der Waals surface area contributed by atoms with E-state index in [0.717, 1.165) is 28.0 Å². The number of carbonyl (C=O) groups is 1. The number of fused-ring (bicyclic) bond motifs is 2. The number of aliphatic hydroxyl groups is 1. The molecule has 4 heterocycles. The first-order valence-electron chi connectivity index (χ1n) is 9.11. The van der Waals surface area contributed by atoms with Crippen LogP contribution in [0.1, 0.15) is 27.4 Å². The van der Waals surface area contributed by atoms with Crippen LogP contribution in [0, 0.1) is 0 Å². The Labute approximate surface area is 160 Å². The zero-order valence-corrected chi connectivity index (χ0v) is 15.1. The molecule has 1 aliphatic heterocycles. The zero-order chi connectivity index (χ0) is 19.1. The third kappa shape index (κ3) is 2.76. The fraction of sp³-hybridized carbons (Fsp3) is 0.263. The van der Waals surface area contributed by atoms with E-state index in [1.54, 1.807) is 28.2 Å². The molecule has 28 heavy (non-hydrogen) atoms. The van der Waals surface area contributed by atoms with Gasteiger partial charge in [-0.3, -0.25) is 14.6 Å². The second-order valence-electron chi connectivity index (χ2n) is 6.86. The highest BCUT2D eigenvalue weighted by molar-refractivity contribution is 5.92. The van der Waals surface area contributed by atoms with Crippen LogP contribution in [0.4, 0.5) is 0 Å². The number of amides is 1. The van der Waals surface area contributed by atoms with E-state index in [9.17, 15) is 4.79 Å². The van der Waals surface area contributed by atoms with E-state index in [1.165, 1.54) is 0 Å². The second-order valence-corrected chi connectivity index (χ2v) is 6.86. The van der Waals surface area contributed by atoms with Gasteiger partial charge < -0.3 is 14.6 Å². The number of nitrogens with zero attached hydrogens (tertiary/aromatic N) is 6. The first kappa shape index (κ1) is 16.7. The fourth-order valence-corrected chi connectivity index (χ4v) is 3.67. The maximum Gasteiger partial charge on any atom is 0.275 e. The number of aromatic amines is 1. The number of imidazole rings is 1. The van der Waals surface area contributed by atoms with E-state index >= 15 is 0 Å². The average Bonchev–Trinajstić information content (AvgIpc) is 3.47. The SMILES string of the molecule is O=C(c1cc(Cn2cnc3ccccc32)[nH]n1)N1Cc2cnn(CCO)c2C1. The van der Waals surface area contributed by atoms with Crippen LogP contribution in [0.2, 0.25) is 0 Å². The number of aromatic nitrogens is 6. The smallest absolute Gasteiger partial charge is 0.275 e. The van der Waals surface area contributed by atoms with Gasteiger partial charge in [0.1, 0.15) is 0 Å². The maximum atomic E-state index is 12.9. The van der Waals surface area contributed by atoms with Crippen LogP contribution in [-0.4, -0.2) is 52.0 Å². The number of hydrogen-bond acceptors (Lipinski definition) is 5. The van der Waals surface area contributed by atoms with Crippen molar-refractivity contribution in [1.82, 2.24) is 34.4 Å². The minimum Gasteiger partial charge on any atom is -0.394 e. The number of hydrogen-bond donors (Lipinski definition) is 2. The Balaban J connectivity index is 1.32. The van der Waals surface area contributed by atoms with Gasteiger partial charge in [-0.05, 0) is 18.2 Å². The van der Waals surface area contributed by atoms with Crippen molar-refractivity contribution < 1.29 is 9.90 Å². The van der Waals surface area contributed by atoms with Gasteiger partial charge in [-0.15, -0.1) is 0 Å². The monoisotopic (exact) mass is 377 g/mol. The largest absolute Gasteiger partial charge is 0.394 e. The third-order valence-electron chi connectivity index (χ3n) is 5.05. The summed E-state index contributed by atoms with van der Waals surface area (Å²) in [5, 5.41) is 20.6. The van der Waals surface area contributed by atoms with Gasteiger partial charge in [-0.2, -0.15) is 10.2 Å². The molecule has 0 radical (unpaired) electrons. The first-order valence-corrected chi connectivity index (χ1v) is 9.11. The molecule has 3 aromatic heterocycles. The highest BCUT2D eigenvalue weighted by atomic mass is 16.3. The van der Waals surface area contributed by atoms with Crippen LogP contribution >= 0.6 is 0 Å². The van der Waals surface area contributed by atoms with Crippen molar-refractivity contribution in [2.45, 2.75) is 26.2 Å². The summed E-state index contributed by atoms with van der Waals surface area (Å²) in [5.74, 6) is -0.121. The quantitative estimate of drug-likeness (QED) is 0.543. The van der Waals surface area contributed by atoms with E-state index in [1.807, 2.05) is 28.8 Å². The minimum absolute atomic E-state index is 0.0216. The number of rotatable bonds is 5. The maximum absolute atomic E-state index is 12.9. The van der Waals surface area contributed by atoms with E-state index < -0.39 is 0 Å². The Morgan fingerprint density at radius 2 is 2.14 bits per heavy atom. The molecule has 0 bridgehead atoms. The summed E-state index contributed by atoms with van der Waals surface area (Å²) >= 11 is 0. The topological polar surface area (TPSA) is 105 Å². The molecule has 5 rings (SSSR count). The van der Waals surface area contributed by atoms with E-state index in [2.05, 4.69) is 20.3 Å². The van der Waals surface area contributed by atoms with Crippen molar-refractivity contribution in [2.75, 3.05) is 6.61 Å². The van der Waals surface area contributed by atoms with Crippen LogP contribution in [0.15, 0.2) is 42.9 Å². The van der Waals surface area contributed by atoms with Crippen LogP contribution in [0.5, 0.6) is 0 Å². The summed E-state index contributed by atoms with van der Waals surface area (Å²) in [6.07, 6.45) is 3.55. The highest BCUT2D eigenvalue weighted by Crippen LogP contribution is 2.24. The molecule has 1 aliphatic rings. The van der Waals surface area contributed by atoms with Crippen molar-refractivity contribution in [3.8, 4) is 0 Å². The Kier molecular flexibility index (Phi) is 3.94. The molecule has 9 nitrogen and oxygen atoms in total. The fourth-order valence-electron chi connectivity index (χ4n) is 3.67. The summed E-state index contributed by atoms with van der Waals surface area (Å²) in [7, 11) is 0. The summed E-state index contributed by atoms with van der Waals surface area (Å²) in [4.78, 5) is 19.0. The van der Waals surface area contributed by atoms with Gasteiger partial charge in [0.2, 0.25) is 0 Å². The number of nitrogens with one attached hydrogen (secondary N) is 1. The highest BCUT2D eigenvalue weighted by Gasteiger charge is 2.29. The standard InChI is InChI=1S/C19H19N7O2/c27-6-5-26-18-11-24(9-13(18)8-21-26)19(28)16-7-14(22-23-16)10-25-12-20-15-3-1-2-4-17(15)25/h1-4,7-8,12,27H,5-6,9-11H2,(H,22,23). The van der Waals surface area contributed by atoms with Gasteiger partial charge >= 0.3 is 0 Å². The molecule has 2 N–H and O–H groups in total. The molecule has 0 aliphatic carbocycles. The van der Waals surface area contributed by atoms with Crippen LogP contribution in [-0.2, 0) is 26.2 Å². The van der Waals surface area contributed by atoms with Gasteiger partial charge in [0.05, 0.1) is 61.2 Å². The molecule has 0 unspecified atom stereocenters. The van der Waals surface area contributed by atoms with Crippen LogP contribution in [0.25, 0.3) is 11.0 Å². The minimum atomic E-state index is -0.121. The number of para-hydroxylation sites is 2. The zero-order valence-electron chi connectivity index (χ0n) is 15.1. The van der Waals surface area contributed by atoms with Crippen molar-refractivity contribution >= 4 is 16.9 Å². The molecule has 1 amide bonds. The predicted molar refractivity (Wildman–Crippen MR) is 100 cm³/mol. The number of carbonyl (C=O) groups excluding carboxylic acids is 1. The van der Waals surface area contributed by atoms with Crippen LogP contribution < -0.4 is 0 Å². The van der Waals surface area contributed by atoms with E-state index in [-0.39, 0.29) is 12.5 Å². The summed E-state index contributed by atoms with van der Waals surface area (Å²) in [6.45, 7) is 2.00. The number of benzene rings is 1. The molecule has 0 atom stereocenters. The lowest BCUT2D eigenvalue weighted by Crippen LogP contribution is -2.26. The van der Waals surface area contributed by atoms with Crippen molar-refractivity contribution in [3.63, 3.8) is 0 Å². The Bertz CT molecular complexity index is 1160. The van der Waals surface area contributed by atoms with Crippen molar-refractivity contribution in [2.24, 2.45) is 0 Å². The van der Waals surface area contributed by atoms with Gasteiger partial charge in [0, 0.05) is 12.1 Å². The summed E-state index contributed by atoms with van der Waals surface area (Å²) in [6, 6.07) is 9.71. The molecule has 0 saturated carbocycles. The van der Waals surface area contributed by atoms with Crippen molar-refractivity contribution in [1.29, 1.82) is 0 Å². The molecule has 0 fully saturated rings. The second kappa shape index (κ2) is 6.61. The normalized spacial score (nSPS) is 13.4. The van der Waals surface area contributed by atoms with E-state index in [0.29, 0.717) is 31.9 Å². The van der Waals surface area contributed by atoms with Gasteiger partial charge in [0.25, 0.3) is 5.91 Å². The Morgan fingerprint density at radius 1 is 1.25 bits per heavy atom. The molecular formula is C19H19N7O2. The molecule has 4 aromatic rings. The lowest BCUT2D eigenvalue weighted by atomic mass is 10.3. The number of H-pyrrole nitrogens is 1. The summed E-state index contributed by atoms with van der Waals surface area (Å²) < 4.78 is 3.77. The molecule has 142 valence electrons. The first-order chi connectivity index (χ1) is 13.7. The van der Waals surface area contributed by atoms with Gasteiger partial charge in [-0.25, -0.2) is 4.98 Å². The van der Waals surface area contributed by atoms with Gasteiger partial charge in [-0.1, -0.05) is 12.1 Å². The molecule has 0 saturated heterocycles. The molecular weight excluding hydrogens is 358 g/mol. The number of aliphatic hydroxyl groups excluding tert-OH is 1. The summed E-state index contributed by atoms with van der Waals surface area (Å²) in [5.41, 5.74) is 5.20. The predicted octanol–water partition coefficient (Wildman–Crippen LogP) is 1.15. The Hall–Kier alpha value is -3.46. The van der Waals surface area contributed by atoms with Crippen molar-refractivity contribution in [3.05, 3.63) is 65.5 Å². The lowest BCUT2D eigenvalue weighted by Gasteiger charge is -2.14. The third-order valence-corrected chi connectivity index (χ3v) is 5.05.